The number of nitrogens with zero attached hydrogens (tertiary/aromatic N) is 1. The lowest BCUT2D eigenvalue weighted by Gasteiger charge is -2.20. The number of unbranched alkanes of at least 4 members (excludes halogenated alkanes) is 2. The Balaban J connectivity index is 2.35. The average molecular weight is 464 g/mol. The third kappa shape index (κ3) is 9.26. The van der Waals surface area contributed by atoms with Gasteiger partial charge >= 0.3 is 0 Å². The van der Waals surface area contributed by atoms with Crippen LogP contribution < -0.4 is 21.3 Å². The molecule has 0 aliphatic carbocycles. The molecule has 0 aromatic carbocycles. The van der Waals surface area contributed by atoms with Gasteiger partial charge in [-0.15, -0.1) is 6.58 Å². The number of nitrogens with one attached hydrogen (secondary N) is 4. The zero-order chi connectivity index (χ0) is 25.0. The molecule has 3 atom stereocenters. The second kappa shape index (κ2) is 13.8. The molecule has 0 aromatic heterocycles. The van der Waals surface area contributed by atoms with E-state index in [1.165, 1.54) is 32.1 Å². The predicted octanol–water partition coefficient (Wildman–Crippen LogP) is -0.712. The smallest absolute Gasteiger partial charge is 0.253 e. The van der Waals surface area contributed by atoms with E-state index in [2.05, 4.69) is 27.8 Å². The molecule has 11 heteroatoms. The van der Waals surface area contributed by atoms with E-state index in [1.54, 1.807) is 6.92 Å². The minimum Gasteiger partial charge on any atom is -0.355 e. The maximum Gasteiger partial charge on any atom is 0.253 e. The van der Waals surface area contributed by atoms with Crippen molar-refractivity contribution in [2.45, 2.75) is 64.6 Å². The maximum absolute atomic E-state index is 12.4. The Morgan fingerprint density at radius 2 is 1.48 bits per heavy atom. The first-order valence-corrected chi connectivity index (χ1v) is 10.9. The number of rotatable bonds is 14. The van der Waals surface area contributed by atoms with Gasteiger partial charge in [0.15, 0.2) is 0 Å². The lowest BCUT2D eigenvalue weighted by molar-refractivity contribution is -0.137. The highest BCUT2D eigenvalue weighted by Gasteiger charge is 2.25. The van der Waals surface area contributed by atoms with Crippen LogP contribution in [0.2, 0.25) is 0 Å². The van der Waals surface area contributed by atoms with E-state index in [0.717, 1.165) is 4.90 Å². The fourth-order valence-corrected chi connectivity index (χ4v) is 2.96. The number of carbonyl (C=O) groups excluding carboxylic acids is 6. The van der Waals surface area contributed by atoms with Crippen molar-refractivity contribution >= 4 is 35.4 Å². The average Bonchev–Trinajstić information content (AvgIpc) is 3.09. The number of hydrogen-bond donors (Lipinski definition) is 4. The SMILES string of the molecule is C=C[C@H](NC(=O)CCCCCN1C(=O)C=CC1=O)C(=O)N[C@@H](C)C(=O)N[C@@H](C)C(=O)NCC. The molecule has 1 rings (SSSR count). The topological polar surface area (TPSA) is 154 Å². The first-order valence-electron chi connectivity index (χ1n) is 10.9. The number of amides is 6. The van der Waals surface area contributed by atoms with Crippen LogP contribution in [0.5, 0.6) is 0 Å². The molecule has 0 spiro atoms. The zero-order valence-electron chi connectivity index (χ0n) is 19.3. The van der Waals surface area contributed by atoms with E-state index in [-0.39, 0.29) is 30.0 Å². The van der Waals surface area contributed by atoms with Crippen molar-refractivity contribution in [1.29, 1.82) is 0 Å². The van der Waals surface area contributed by atoms with Crippen LogP contribution in [0.3, 0.4) is 0 Å². The van der Waals surface area contributed by atoms with Crippen LogP contribution in [-0.4, -0.2) is 71.6 Å². The first kappa shape index (κ1) is 27.5. The van der Waals surface area contributed by atoms with Crippen molar-refractivity contribution < 1.29 is 28.8 Å². The molecule has 0 saturated heterocycles. The quantitative estimate of drug-likeness (QED) is 0.152. The van der Waals surface area contributed by atoms with Crippen molar-refractivity contribution in [3.05, 3.63) is 24.8 Å². The summed E-state index contributed by atoms with van der Waals surface area (Å²) < 4.78 is 0. The van der Waals surface area contributed by atoms with E-state index >= 15 is 0 Å². The van der Waals surface area contributed by atoms with Crippen LogP contribution in [0.25, 0.3) is 0 Å². The minimum absolute atomic E-state index is 0.151. The molecule has 4 N–H and O–H groups in total. The van der Waals surface area contributed by atoms with Gasteiger partial charge in [0.1, 0.15) is 18.1 Å². The normalized spacial score (nSPS) is 15.4. The second-order valence-electron chi connectivity index (χ2n) is 7.61. The summed E-state index contributed by atoms with van der Waals surface area (Å²) in [5, 5.41) is 10.1. The van der Waals surface area contributed by atoms with E-state index in [0.29, 0.717) is 32.4 Å². The Kier molecular flexibility index (Phi) is 11.5. The summed E-state index contributed by atoms with van der Waals surface area (Å²) in [6.45, 7) is 9.02. The molecule has 0 fully saturated rings. The standard InChI is InChI=1S/C22H33N5O6/c1-5-16(22(33)25-15(4)21(32)24-14(3)20(31)23-6-2)26-17(28)10-8-7-9-13-27-18(29)11-12-19(27)30/h5,11-12,14-16H,1,6-10,13H2,2-4H3,(H,23,31)(H,24,32)(H,25,33)(H,26,28)/t14-,15-,16-/m0/s1. The first-order chi connectivity index (χ1) is 15.6. The van der Waals surface area contributed by atoms with Crippen LogP contribution in [0.15, 0.2) is 24.8 Å². The zero-order valence-corrected chi connectivity index (χ0v) is 19.3. The summed E-state index contributed by atoms with van der Waals surface area (Å²) in [4.78, 5) is 72.5. The molecule has 1 aliphatic rings. The number of likely N-dealkylation sites (N-methyl/N-ethyl adjacent to an activating group) is 1. The summed E-state index contributed by atoms with van der Waals surface area (Å²) in [5.41, 5.74) is 0. The van der Waals surface area contributed by atoms with Crippen LogP contribution in [0.4, 0.5) is 0 Å². The third-order valence-electron chi connectivity index (χ3n) is 4.88. The molecule has 0 radical (unpaired) electrons. The molecule has 1 heterocycles. The predicted molar refractivity (Wildman–Crippen MR) is 120 cm³/mol. The van der Waals surface area contributed by atoms with Gasteiger partial charge in [0.2, 0.25) is 23.6 Å². The van der Waals surface area contributed by atoms with Gasteiger partial charge in [0, 0.05) is 31.7 Å². The van der Waals surface area contributed by atoms with E-state index < -0.39 is 29.9 Å². The van der Waals surface area contributed by atoms with Crippen LogP contribution in [0, 0.1) is 0 Å². The van der Waals surface area contributed by atoms with Gasteiger partial charge in [-0.2, -0.15) is 0 Å². The monoisotopic (exact) mass is 463 g/mol. The van der Waals surface area contributed by atoms with Gasteiger partial charge < -0.3 is 21.3 Å². The largest absolute Gasteiger partial charge is 0.355 e. The fourth-order valence-electron chi connectivity index (χ4n) is 2.96. The molecule has 6 amide bonds. The summed E-state index contributed by atoms with van der Waals surface area (Å²) in [6, 6.07) is -2.72. The lowest BCUT2D eigenvalue weighted by atomic mass is 10.1. The fraction of sp³-hybridized carbons (Fsp3) is 0.545. The van der Waals surface area contributed by atoms with E-state index in [4.69, 9.17) is 0 Å². The molecule has 1 aliphatic heterocycles. The van der Waals surface area contributed by atoms with Gasteiger partial charge in [0.25, 0.3) is 11.8 Å². The number of hydrogen-bond acceptors (Lipinski definition) is 6. The van der Waals surface area contributed by atoms with Crippen molar-refractivity contribution in [1.82, 2.24) is 26.2 Å². The molecule has 0 bridgehead atoms. The molecule has 0 unspecified atom stereocenters. The van der Waals surface area contributed by atoms with Crippen molar-refractivity contribution in [3.63, 3.8) is 0 Å². The number of imide groups is 1. The highest BCUT2D eigenvalue weighted by molar-refractivity contribution is 6.12. The third-order valence-corrected chi connectivity index (χ3v) is 4.88. The summed E-state index contributed by atoms with van der Waals surface area (Å²) >= 11 is 0. The maximum atomic E-state index is 12.4. The number of carbonyl (C=O) groups is 6. The molecular formula is C22H33N5O6. The molecule has 0 aromatic rings. The van der Waals surface area contributed by atoms with Gasteiger partial charge in [-0.25, -0.2) is 0 Å². The Bertz CT molecular complexity index is 791. The van der Waals surface area contributed by atoms with E-state index in [1.807, 2.05) is 0 Å². The summed E-state index contributed by atoms with van der Waals surface area (Å²) in [6.07, 6.45) is 5.56. The Morgan fingerprint density at radius 1 is 0.909 bits per heavy atom. The molecular weight excluding hydrogens is 430 g/mol. The van der Waals surface area contributed by atoms with Crippen molar-refractivity contribution in [3.8, 4) is 0 Å². The highest BCUT2D eigenvalue weighted by atomic mass is 16.2. The van der Waals surface area contributed by atoms with Gasteiger partial charge in [-0.1, -0.05) is 12.5 Å². The Morgan fingerprint density at radius 3 is 2.06 bits per heavy atom. The second-order valence-corrected chi connectivity index (χ2v) is 7.61. The Labute approximate surface area is 193 Å². The summed E-state index contributed by atoms with van der Waals surface area (Å²) in [5.74, 6) is -2.52. The molecule has 11 nitrogen and oxygen atoms in total. The molecule has 33 heavy (non-hydrogen) atoms. The van der Waals surface area contributed by atoms with Gasteiger partial charge in [-0.05, 0) is 33.6 Å². The van der Waals surface area contributed by atoms with Crippen LogP contribution >= 0.6 is 0 Å². The van der Waals surface area contributed by atoms with Gasteiger partial charge in [0.05, 0.1) is 0 Å². The van der Waals surface area contributed by atoms with E-state index in [9.17, 15) is 28.8 Å². The highest BCUT2D eigenvalue weighted by Crippen LogP contribution is 2.08. The van der Waals surface area contributed by atoms with Crippen LogP contribution in [-0.2, 0) is 28.8 Å². The minimum atomic E-state index is -1.03. The van der Waals surface area contributed by atoms with Gasteiger partial charge in [-0.3, -0.25) is 33.7 Å². The van der Waals surface area contributed by atoms with Crippen molar-refractivity contribution in [2.24, 2.45) is 0 Å². The lowest BCUT2D eigenvalue weighted by Crippen LogP contribution is -2.54. The molecule has 182 valence electrons. The van der Waals surface area contributed by atoms with Crippen LogP contribution in [0.1, 0.15) is 46.5 Å². The Hall–Kier alpha value is -3.50. The molecule has 0 saturated carbocycles. The van der Waals surface area contributed by atoms with Crippen molar-refractivity contribution in [2.75, 3.05) is 13.1 Å². The summed E-state index contributed by atoms with van der Waals surface area (Å²) in [7, 11) is 0.